The van der Waals surface area contributed by atoms with Gasteiger partial charge in [-0.2, -0.15) is 13.2 Å². The number of Topliss-reactive ketones (excluding diaryl/α,β-unsaturated/α-hetero) is 1. The number of ketones is 1. The van der Waals surface area contributed by atoms with Gasteiger partial charge in [0.1, 0.15) is 11.6 Å². The number of carboxylic acid groups (broad SMARTS) is 2. The van der Waals surface area contributed by atoms with Crippen molar-refractivity contribution in [1.82, 2.24) is 4.98 Å². The Labute approximate surface area is 170 Å². The normalized spacial score (nSPS) is 21.4. The molecule has 0 spiro atoms. The highest BCUT2D eigenvalue weighted by atomic mass is 19.4. The van der Waals surface area contributed by atoms with Gasteiger partial charge in [-0.25, -0.2) is 9.78 Å². The zero-order chi connectivity index (χ0) is 22.5. The van der Waals surface area contributed by atoms with Crippen molar-refractivity contribution in [3.8, 4) is 0 Å². The third-order valence-corrected chi connectivity index (χ3v) is 4.80. The Morgan fingerprint density at radius 2 is 1.83 bits per heavy atom. The van der Waals surface area contributed by atoms with Crippen molar-refractivity contribution in [3.63, 3.8) is 0 Å². The number of pyridine rings is 1. The van der Waals surface area contributed by atoms with Crippen molar-refractivity contribution in [3.05, 3.63) is 47.7 Å². The number of rotatable bonds is 3. The van der Waals surface area contributed by atoms with Gasteiger partial charge < -0.3 is 15.1 Å². The van der Waals surface area contributed by atoms with E-state index in [0.717, 1.165) is 6.07 Å². The fourth-order valence-electron chi connectivity index (χ4n) is 3.02. The number of piperidine rings is 1. The minimum absolute atomic E-state index is 0.0359. The van der Waals surface area contributed by atoms with Crippen LogP contribution in [-0.4, -0.2) is 46.0 Å². The van der Waals surface area contributed by atoms with Gasteiger partial charge in [-0.3, -0.25) is 9.59 Å². The van der Waals surface area contributed by atoms with E-state index in [4.69, 9.17) is 10.2 Å². The maximum Gasteiger partial charge on any atom is 0.419 e. The molecule has 0 aromatic carbocycles. The van der Waals surface area contributed by atoms with Gasteiger partial charge in [0.2, 0.25) is 0 Å². The number of halogens is 3. The first-order valence-electron chi connectivity index (χ1n) is 9.08. The van der Waals surface area contributed by atoms with Crippen LogP contribution in [-0.2, 0) is 20.6 Å². The van der Waals surface area contributed by atoms with Crippen molar-refractivity contribution in [2.24, 2.45) is 5.41 Å². The number of carbonyl (C=O) groups excluding carboxylic acids is 1. The number of aromatic nitrogens is 1. The van der Waals surface area contributed by atoms with E-state index in [1.54, 1.807) is 0 Å². The molecule has 1 aliphatic heterocycles. The average Bonchev–Trinajstić information content (AvgIpc) is 2.68. The number of alkyl halides is 3. The summed E-state index contributed by atoms with van der Waals surface area (Å²) in [6, 6.07) is 2.28. The molecule has 1 unspecified atom stereocenters. The second kappa shape index (κ2) is 9.10. The maximum atomic E-state index is 12.7. The number of carboxylic acids is 2. The lowest BCUT2D eigenvalue weighted by molar-refractivity contribution is -0.145. The Hall–Kier alpha value is -3.17. The molecule has 30 heavy (non-hydrogen) atoms. The Kier molecular flexibility index (Phi) is 7.01. The zero-order valence-corrected chi connectivity index (χ0v) is 16.1. The number of carbonyl (C=O) groups is 3. The van der Waals surface area contributed by atoms with Gasteiger partial charge in [0.05, 0.1) is 11.0 Å². The number of allylic oxidation sites excluding steroid dienone is 2. The van der Waals surface area contributed by atoms with Crippen molar-refractivity contribution < 1.29 is 37.8 Å². The highest BCUT2D eigenvalue weighted by Crippen LogP contribution is 2.35. The second-order valence-electron chi connectivity index (χ2n) is 7.15. The fraction of sp³-hybridized carbons (Fsp3) is 0.400. The van der Waals surface area contributed by atoms with E-state index in [-0.39, 0.29) is 36.4 Å². The predicted molar refractivity (Wildman–Crippen MR) is 101 cm³/mol. The summed E-state index contributed by atoms with van der Waals surface area (Å²) in [5.74, 6) is -2.05. The van der Waals surface area contributed by atoms with Crippen LogP contribution in [0.15, 0.2) is 42.1 Å². The minimum Gasteiger partial charge on any atom is -0.481 e. The van der Waals surface area contributed by atoms with Crippen molar-refractivity contribution in [2.75, 3.05) is 18.0 Å². The zero-order valence-electron chi connectivity index (χ0n) is 16.1. The Morgan fingerprint density at radius 1 is 1.20 bits per heavy atom. The monoisotopic (exact) mass is 426 g/mol. The molecule has 0 saturated carbocycles. The second-order valence-corrected chi connectivity index (χ2v) is 7.15. The van der Waals surface area contributed by atoms with Crippen LogP contribution < -0.4 is 4.90 Å². The van der Waals surface area contributed by atoms with E-state index >= 15 is 0 Å². The molecule has 1 saturated heterocycles. The number of nitrogens with zero attached hydrogens (tertiary/aromatic N) is 2. The maximum absolute atomic E-state index is 12.7. The molecule has 1 aromatic heterocycles. The van der Waals surface area contributed by atoms with Crippen molar-refractivity contribution in [1.29, 1.82) is 0 Å². The lowest BCUT2D eigenvalue weighted by atomic mass is 9.80. The summed E-state index contributed by atoms with van der Waals surface area (Å²) in [6.45, 7) is 2.11. The largest absolute Gasteiger partial charge is 0.481 e. The van der Waals surface area contributed by atoms with E-state index in [9.17, 15) is 27.6 Å². The lowest BCUT2D eigenvalue weighted by Gasteiger charge is -2.29. The van der Waals surface area contributed by atoms with Gasteiger partial charge in [0.25, 0.3) is 0 Å². The fourth-order valence-corrected chi connectivity index (χ4v) is 3.02. The van der Waals surface area contributed by atoms with Crippen molar-refractivity contribution in [2.45, 2.75) is 32.4 Å². The summed E-state index contributed by atoms with van der Waals surface area (Å²) >= 11 is 0. The Balaban J connectivity index is 0.000000222. The van der Waals surface area contributed by atoms with Gasteiger partial charge in [0.15, 0.2) is 0 Å². The molecular weight excluding hydrogens is 405 g/mol. The molecule has 162 valence electrons. The van der Waals surface area contributed by atoms with Crippen LogP contribution in [0.1, 0.15) is 31.7 Å². The van der Waals surface area contributed by atoms with Gasteiger partial charge in [-0.05, 0) is 25.5 Å². The molecular formula is C20H21F3N2O5. The predicted octanol–water partition coefficient (Wildman–Crippen LogP) is 3.32. The molecule has 2 heterocycles. The third kappa shape index (κ3) is 5.68. The summed E-state index contributed by atoms with van der Waals surface area (Å²) in [6.07, 6.45) is 1.93. The van der Waals surface area contributed by atoms with E-state index in [1.807, 2.05) is 0 Å². The summed E-state index contributed by atoms with van der Waals surface area (Å²) in [4.78, 5) is 37.7. The molecule has 1 atom stereocenters. The summed E-state index contributed by atoms with van der Waals surface area (Å²) in [7, 11) is 0. The van der Waals surface area contributed by atoms with Crippen LogP contribution in [0.25, 0.3) is 0 Å². The van der Waals surface area contributed by atoms with Crippen LogP contribution in [0.5, 0.6) is 0 Å². The molecule has 1 aromatic rings. The van der Waals surface area contributed by atoms with E-state index in [2.05, 4.69) is 4.98 Å². The summed E-state index contributed by atoms with van der Waals surface area (Å²) in [5, 5.41) is 17.5. The molecule has 1 aliphatic carbocycles. The van der Waals surface area contributed by atoms with Gasteiger partial charge >= 0.3 is 18.1 Å². The number of hydrogen-bond donors (Lipinski definition) is 2. The van der Waals surface area contributed by atoms with Crippen molar-refractivity contribution >= 4 is 23.5 Å². The van der Waals surface area contributed by atoms with Crippen LogP contribution in [0.2, 0.25) is 0 Å². The first-order valence-corrected chi connectivity index (χ1v) is 9.08. The van der Waals surface area contributed by atoms with Gasteiger partial charge in [0, 0.05) is 37.7 Å². The molecule has 0 bridgehead atoms. The van der Waals surface area contributed by atoms with E-state index < -0.39 is 29.1 Å². The smallest absolute Gasteiger partial charge is 0.419 e. The lowest BCUT2D eigenvalue weighted by Crippen LogP contribution is -2.35. The highest BCUT2D eigenvalue weighted by molar-refractivity contribution is 5.90. The molecule has 0 amide bonds. The summed E-state index contributed by atoms with van der Waals surface area (Å²) in [5.41, 5.74) is -1.69. The van der Waals surface area contributed by atoms with Crippen LogP contribution in [0, 0.1) is 5.41 Å². The first kappa shape index (κ1) is 23.1. The number of aliphatic carboxylic acids is 2. The average molecular weight is 426 g/mol. The van der Waals surface area contributed by atoms with E-state index in [1.165, 1.54) is 42.3 Å². The number of hydrogen-bond acceptors (Lipinski definition) is 5. The standard InChI is InChI=1S/C11H11F3N2O.C9H10O4/c12-11(13,14)9-2-1-5-15-10(9)16-6-3-8(17)4-7-16;1-9(8(12)13)4-2-3-6(5-9)7(10)11/h1-2,5H,3-4,6-7H2;2-4H,5H2,1H3,(H,10,11)(H,12,13). The topological polar surface area (TPSA) is 108 Å². The molecule has 2 aliphatic rings. The minimum atomic E-state index is -4.41. The SMILES string of the molecule is CC1(C(=O)O)C=CC=C(C(=O)O)C1.O=C1CCN(c2ncccc2C(F)(F)F)CC1. The highest BCUT2D eigenvalue weighted by Gasteiger charge is 2.36. The molecule has 7 nitrogen and oxygen atoms in total. The van der Waals surface area contributed by atoms with Crippen LogP contribution in [0.4, 0.5) is 19.0 Å². The van der Waals surface area contributed by atoms with Gasteiger partial charge in [-0.15, -0.1) is 0 Å². The van der Waals surface area contributed by atoms with E-state index in [0.29, 0.717) is 13.1 Å². The quantitative estimate of drug-likeness (QED) is 0.763. The third-order valence-electron chi connectivity index (χ3n) is 4.80. The van der Waals surface area contributed by atoms with Crippen LogP contribution >= 0.6 is 0 Å². The van der Waals surface area contributed by atoms with Gasteiger partial charge in [-0.1, -0.05) is 18.2 Å². The molecule has 10 heteroatoms. The molecule has 2 N–H and O–H groups in total. The molecule has 3 rings (SSSR count). The Morgan fingerprint density at radius 3 is 2.37 bits per heavy atom. The first-order chi connectivity index (χ1) is 13.9. The molecule has 0 radical (unpaired) electrons. The summed E-state index contributed by atoms with van der Waals surface area (Å²) < 4.78 is 38.2. The molecule has 1 fully saturated rings. The Bertz CT molecular complexity index is 885. The van der Waals surface area contributed by atoms with Crippen LogP contribution in [0.3, 0.4) is 0 Å². The number of anilines is 1.